The number of anilines is 1. The molecule has 3 N–H and O–H groups in total. The second-order valence-electron chi connectivity index (χ2n) is 9.30. The van der Waals surface area contributed by atoms with Gasteiger partial charge in [0.2, 0.25) is 0 Å². The molecule has 10 heteroatoms. The highest BCUT2D eigenvalue weighted by Gasteiger charge is 2.23. The fourth-order valence-electron chi connectivity index (χ4n) is 4.05. The van der Waals surface area contributed by atoms with Crippen LogP contribution in [-0.4, -0.2) is 34.3 Å². The minimum Gasteiger partial charge on any atom is -0.480 e. The number of aliphatic carboxylic acids is 1. The third kappa shape index (κ3) is 6.86. The second-order valence-corrected chi connectivity index (χ2v) is 9.70. The molecule has 1 heterocycles. The van der Waals surface area contributed by atoms with E-state index in [2.05, 4.69) is 15.8 Å². The van der Waals surface area contributed by atoms with Crippen molar-refractivity contribution in [2.45, 2.75) is 39.3 Å². The number of benzene rings is 3. The molecule has 0 fully saturated rings. The van der Waals surface area contributed by atoms with E-state index < -0.39 is 30.1 Å². The van der Waals surface area contributed by atoms with E-state index in [1.807, 2.05) is 31.2 Å². The van der Waals surface area contributed by atoms with E-state index in [9.17, 15) is 19.5 Å². The largest absolute Gasteiger partial charge is 0.480 e. The summed E-state index contributed by atoms with van der Waals surface area (Å²) in [5.41, 5.74) is 4.08. The molecule has 1 unspecified atom stereocenters. The molecule has 9 nitrogen and oxygen atoms in total. The number of carboxylic acids is 1. The summed E-state index contributed by atoms with van der Waals surface area (Å²) in [5, 5.41) is 19.3. The Kier molecular flexibility index (Phi) is 8.86. The van der Waals surface area contributed by atoms with Crippen molar-refractivity contribution in [3.63, 3.8) is 0 Å². The van der Waals surface area contributed by atoms with Gasteiger partial charge in [0.25, 0.3) is 5.91 Å². The average molecular weight is 562 g/mol. The molecule has 2 atom stereocenters. The van der Waals surface area contributed by atoms with Crippen molar-refractivity contribution < 1.29 is 28.8 Å². The molecule has 4 rings (SSSR count). The number of aryl methyl sites for hydroxylation is 2. The maximum atomic E-state index is 12.8. The van der Waals surface area contributed by atoms with Gasteiger partial charge < -0.3 is 19.7 Å². The first-order chi connectivity index (χ1) is 19.1. The smallest absolute Gasteiger partial charge is 0.412 e. The van der Waals surface area contributed by atoms with Crippen LogP contribution in [0.25, 0.3) is 11.3 Å². The van der Waals surface area contributed by atoms with E-state index in [4.69, 9.17) is 20.9 Å². The van der Waals surface area contributed by atoms with E-state index in [0.29, 0.717) is 27.5 Å². The fraction of sp³-hybridized carbons (Fsp3) is 0.200. The molecule has 4 aromatic rings. The first-order valence-corrected chi connectivity index (χ1v) is 12.9. The molecule has 0 spiro atoms. The van der Waals surface area contributed by atoms with E-state index in [0.717, 1.165) is 11.1 Å². The Balaban J connectivity index is 1.43. The summed E-state index contributed by atoms with van der Waals surface area (Å²) in [6.07, 6.45) is -1.17. The van der Waals surface area contributed by atoms with Gasteiger partial charge in [0.15, 0.2) is 5.76 Å². The zero-order chi connectivity index (χ0) is 28.8. The molecule has 1 aromatic heterocycles. The van der Waals surface area contributed by atoms with Crippen molar-refractivity contribution in [3.8, 4) is 11.3 Å². The molecular weight excluding hydrogens is 534 g/mol. The standard InChI is InChI=1S/C30H28ClN3O6/c1-17-8-10-20(11-9-17)16-25(29(36)37)32-28(35)22-14-12-21(13-15-22)27-26(18(2)34-40-27)33-30(38)39-19(3)23-6-4-5-7-24(23)31/h4-15,19,25H,16H2,1-3H3,(H,32,35)(H,33,38)(H,36,37)/t19?,25-/m1/s1. The fourth-order valence-corrected chi connectivity index (χ4v) is 4.34. The molecule has 0 aliphatic carbocycles. The van der Waals surface area contributed by atoms with Crippen LogP contribution >= 0.6 is 11.6 Å². The van der Waals surface area contributed by atoms with Crippen LogP contribution in [0, 0.1) is 13.8 Å². The van der Waals surface area contributed by atoms with E-state index >= 15 is 0 Å². The third-order valence-electron chi connectivity index (χ3n) is 6.29. The van der Waals surface area contributed by atoms with Crippen molar-refractivity contribution in [1.82, 2.24) is 10.5 Å². The van der Waals surface area contributed by atoms with Gasteiger partial charge in [-0.05, 0) is 44.5 Å². The van der Waals surface area contributed by atoms with Gasteiger partial charge >= 0.3 is 12.1 Å². The molecular formula is C30H28ClN3O6. The lowest BCUT2D eigenvalue weighted by Gasteiger charge is -2.16. The number of carboxylic acid groups (broad SMARTS) is 1. The molecule has 0 aliphatic rings. The lowest BCUT2D eigenvalue weighted by Crippen LogP contribution is -2.42. The van der Waals surface area contributed by atoms with Crippen LogP contribution in [0.1, 0.15) is 45.8 Å². The number of halogens is 1. The van der Waals surface area contributed by atoms with Crippen molar-refractivity contribution in [2.24, 2.45) is 0 Å². The number of aromatic nitrogens is 1. The van der Waals surface area contributed by atoms with Gasteiger partial charge in [0.1, 0.15) is 23.5 Å². The van der Waals surface area contributed by atoms with Crippen LogP contribution in [0.5, 0.6) is 0 Å². The van der Waals surface area contributed by atoms with Gasteiger partial charge in [0.05, 0.1) is 0 Å². The quantitative estimate of drug-likeness (QED) is 0.217. The second kappa shape index (κ2) is 12.5. The topological polar surface area (TPSA) is 131 Å². The normalized spacial score (nSPS) is 12.3. The number of nitrogens with zero attached hydrogens (tertiary/aromatic N) is 1. The summed E-state index contributed by atoms with van der Waals surface area (Å²) < 4.78 is 10.9. The Bertz CT molecular complexity index is 1520. The Hall–Kier alpha value is -4.63. The number of hydrogen-bond acceptors (Lipinski definition) is 6. The van der Waals surface area contributed by atoms with Crippen LogP contribution in [0.2, 0.25) is 5.02 Å². The van der Waals surface area contributed by atoms with Crippen LogP contribution < -0.4 is 10.6 Å². The first-order valence-electron chi connectivity index (χ1n) is 12.5. The minimum atomic E-state index is -1.13. The highest BCUT2D eigenvalue weighted by atomic mass is 35.5. The maximum absolute atomic E-state index is 12.8. The van der Waals surface area contributed by atoms with Crippen molar-refractivity contribution >= 4 is 35.3 Å². The summed E-state index contributed by atoms with van der Waals surface area (Å²) in [4.78, 5) is 37.2. The summed E-state index contributed by atoms with van der Waals surface area (Å²) in [6.45, 7) is 5.32. The molecule has 0 saturated heterocycles. The molecule has 0 aliphatic heterocycles. The first kappa shape index (κ1) is 28.4. The lowest BCUT2D eigenvalue weighted by molar-refractivity contribution is -0.139. The van der Waals surface area contributed by atoms with Gasteiger partial charge in [-0.25, -0.2) is 9.59 Å². The zero-order valence-electron chi connectivity index (χ0n) is 22.1. The maximum Gasteiger partial charge on any atom is 0.412 e. The molecule has 3 aromatic carbocycles. The number of carbonyl (C=O) groups excluding carboxylic acids is 2. The number of hydrogen-bond donors (Lipinski definition) is 3. The number of nitrogens with one attached hydrogen (secondary N) is 2. The SMILES string of the molecule is Cc1ccc(C[C@@H](NC(=O)c2ccc(-c3onc(C)c3NC(=O)OC(C)c3ccccc3Cl)cc2)C(=O)O)cc1. The predicted octanol–water partition coefficient (Wildman–Crippen LogP) is 6.35. The number of carbonyl (C=O) groups is 3. The van der Waals surface area contributed by atoms with E-state index in [1.54, 1.807) is 50.2 Å². The Labute approximate surface area is 236 Å². The van der Waals surface area contributed by atoms with Gasteiger partial charge in [-0.3, -0.25) is 10.1 Å². The summed E-state index contributed by atoms with van der Waals surface area (Å²) in [7, 11) is 0. The Morgan fingerprint density at radius 1 is 1.00 bits per heavy atom. The van der Waals surface area contributed by atoms with E-state index in [1.165, 1.54) is 12.1 Å². The Morgan fingerprint density at radius 3 is 2.33 bits per heavy atom. The predicted molar refractivity (Wildman–Crippen MR) is 150 cm³/mol. The molecule has 40 heavy (non-hydrogen) atoms. The zero-order valence-corrected chi connectivity index (χ0v) is 22.9. The molecule has 0 saturated carbocycles. The molecule has 2 amide bonds. The van der Waals surface area contributed by atoms with Crippen molar-refractivity contribution in [1.29, 1.82) is 0 Å². The third-order valence-corrected chi connectivity index (χ3v) is 6.63. The van der Waals surface area contributed by atoms with E-state index in [-0.39, 0.29) is 17.7 Å². The monoisotopic (exact) mass is 561 g/mol. The van der Waals surface area contributed by atoms with Crippen molar-refractivity contribution in [2.75, 3.05) is 5.32 Å². The summed E-state index contributed by atoms with van der Waals surface area (Å²) in [5.74, 6) is -1.39. The minimum absolute atomic E-state index is 0.150. The molecule has 0 radical (unpaired) electrons. The lowest BCUT2D eigenvalue weighted by atomic mass is 10.0. The summed E-state index contributed by atoms with van der Waals surface area (Å²) >= 11 is 6.20. The van der Waals surface area contributed by atoms with Gasteiger partial charge in [0, 0.05) is 28.1 Å². The number of rotatable bonds is 9. The Morgan fingerprint density at radius 2 is 1.68 bits per heavy atom. The van der Waals surface area contributed by atoms with Gasteiger partial charge in [-0.1, -0.05) is 76.9 Å². The average Bonchev–Trinajstić information content (AvgIpc) is 3.29. The highest BCUT2D eigenvalue weighted by Crippen LogP contribution is 2.32. The van der Waals surface area contributed by atoms with Crippen LogP contribution in [0.3, 0.4) is 0 Å². The number of amides is 2. The molecule has 0 bridgehead atoms. The van der Waals surface area contributed by atoms with Crippen LogP contribution in [0.4, 0.5) is 10.5 Å². The van der Waals surface area contributed by atoms with Gasteiger partial charge in [-0.15, -0.1) is 0 Å². The van der Waals surface area contributed by atoms with Crippen LogP contribution in [-0.2, 0) is 16.0 Å². The molecule has 206 valence electrons. The van der Waals surface area contributed by atoms with Gasteiger partial charge in [-0.2, -0.15) is 0 Å². The highest BCUT2D eigenvalue weighted by molar-refractivity contribution is 6.31. The summed E-state index contributed by atoms with van der Waals surface area (Å²) in [6, 6.07) is 19.8. The van der Waals surface area contributed by atoms with Crippen LogP contribution in [0.15, 0.2) is 77.3 Å². The number of ether oxygens (including phenoxy) is 1. The van der Waals surface area contributed by atoms with Crippen molar-refractivity contribution in [3.05, 3.63) is 106 Å².